The van der Waals surface area contributed by atoms with Crippen molar-refractivity contribution in [3.63, 3.8) is 0 Å². The molecule has 1 heterocycles. The first-order chi connectivity index (χ1) is 7.10. The zero-order valence-corrected chi connectivity index (χ0v) is 7.11. The van der Waals surface area contributed by atoms with Crippen LogP contribution in [0.5, 0.6) is 0 Å². The summed E-state index contributed by atoms with van der Waals surface area (Å²) in [7, 11) is 0. The summed E-state index contributed by atoms with van der Waals surface area (Å²) < 4.78 is 74.8. The molecule has 0 aliphatic heterocycles. The monoisotopic (exact) mass is 248 g/mol. The molecule has 0 spiro atoms. The Hall–Kier alpha value is -1.74. The minimum absolute atomic E-state index is 0.0893. The average molecular weight is 248 g/mol. The molecule has 0 bridgehead atoms. The van der Waals surface area contributed by atoms with E-state index in [1.54, 1.807) is 0 Å². The van der Waals surface area contributed by atoms with E-state index in [1.165, 1.54) is 0 Å². The Morgan fingerprint density at radius 1 is 1.25 bits per heavy atom. The molecule has 0 aromatic carbocycles. The normalized spacial score (nSPS) is 12.6. The number of alkyl halides is 6. The van der Waals surface area contributed by atoms with Crippen LogP contribution in [0.15, 0.2) is 10.7 Å². The molecule has 16 heavy (non-hydrogen) atoms. The Morgan fingerprint density at radius 2 is 1.81 bits per heavy atom. The Labute approximate surface area is 83.2 Å². The minimum Gasteiger partial charge on any atom is -0.431 e. The number of hydrogen-bond acceptors (Lipinski definition) is 3. The van der Waals surface area contributed by atoms with Gasteiger partial charge in [0, 0.05) is 0 Å². The zero-order chi connectivity index (χ0) is 12.6. The second-order valence-electron chi connectivity index (χ2n) is 2.49. The fourth-order valence-electron chi connectivity index (χ4n) is 0.629. The molecule has 0 aliphatic carbocycles. The molecule has 0 aliphatic rings. The lowest BCUT2D eigenvalue weighted by molar-refractivity contribution is -0.167. The molecule has 0 radical (unpaired) electrons. The number of hydrogen-bond donors (Lipinski definition) is 1. The van der Waals surface area contributed by atoms with Crippen LogP contribution in [-0.4, -0.2) is 17.1 Å². The van der Waals surface area contributed by atoms with Gasteiger partial charge in [-0.05, 0) is 0 Å². The molecular formula is C6H2F6N2O2. The molecule has 4 nitrogen and oxygen atoms in total. The highest BCUT2D eigenvalue weighted by atomic mass is 19.4. The van der Waals surface area contributed by atoms with Crippen molar-refractivity contribution in [2.45, 2.75) is 12.4 Å². The molecule has 0 fully saturated rings. The first-order valence-corrected chi connectivity index (χ1v) is 3.51. The van der Waals surface area contributed by atoms with Crippen LogP contribution in [0.1, 0.15) is 5.69 Å². The van der Waals surface area contributed by atoms with Gasteiger partial charge in [0.25, 0.3) is 0 Å². The van der Waals surface area contributed by atoms with Gasteiger partial charge in [-0.15, -0.1) is 0 Å². The standard InChI is InChI=1S/C6H2F6N2O2/c7-5(8,9)2-1-16-4(13-2)14-3(15)6(10,11)12/h1H,(H,13,14,15). The van der Waals surface area contributed by atoms with Gasteiger partial charge in [0.2, 0.25) is 0 Å². The van der Waals surface area contributed by atoms with Gasteiger partial charge in [0.05, 0.1) is 0 Å². The number of aromatic nitrogens is 1. The highest BCUT2D eigenvalue weighted by Crippen LogP contribution is 2.29. The molecule has 1 amide bonds. The maximum atomic E-state index is 11.9. The van der Waals surface area contributed by atoms with Gasteiger partial charge in [-0.25, -0.2) is 0 Å². The van der Waals surface area contributed by atoms with Crippen LogP contribution < -0.4 is 5.32 Å². The molecule has 1 N–H and O–H groups in total. The van der Waals surface area contributed by atoms with E-state index in [2.05, 4.69) is 9.40 Å². The topological polar surface area (TPSA) is 55.1 Å². The maximum Gasteiger partial charge on any atom is 0.471 e. The molecule has 1 rings (SSSR count). The van der Waals surface area contributed by atoms with E-state index in [0.29, 0.717) is 0 Å². The van der Waals surface area contributed by atoms with Gasteiger partial charge < -0.3 is 4.42 Å². The number of carbonyl (C=O) groups is 1. The van der Waals surface area contributed by atoms with E-state index >= 15 is 0 Å². The van der Waals surface area contributed by atoms with Gasteiger partial charge in [-0.1, -0.05) is 0 Å². The van der Waals surface area contributed by atoms with E-state index in [4.69, 9.17) is 0 Å². The number of nitrogens with zero attached hydrogens (tertiary/aromatic N) is 1. The summed E-state index contributed by atoms with van der Waals surface area (Å²) in [4.78, 5) is 12.9. The third-order valence-corrected chi connectivity index (χ3v) is 1.27. The van der Waals surface area contributed by atoms with Gasteiger partial charge >= 0.3 is 24.3 Å². The predicted molar refractivity (Wildman–Crippen MR) is 36.2 cm³/mol. The molecule has 1 aromatic heterocycles. The molecule has 90 valence electrons. The van der Waals surface area contributed by atoms with E-state index in [9.17, 15) is 31.1 Å². The summed E-state index contributed by atoms with van der Waals surface area (Å²) in [6, 6.07) is -1.17. The summed E-state index contributed by atoms with van der Waals surface area (Å²) in [5.41, 5.74) is -1.54. The van der Waals surface area contributed by atoms with Gasteiger partial charge in [-0.2, -0.15) is 31.3 Å². The van der Waals surface area contributed by atoms with Gasteiger partial charge in [-0.3, -0.25) is 10.1 Å². The quantitative estimate of drug-likeness (QED) is 0.775. The van der Waals surface area contributed by atoms with Crippen LogP contribution >= 0.6 is 0 Å². The summed E-state index contributed by atoms with van der Waals surface area (Å²) in [5, 5.41) is 1.03. The Bertz CT molecular complexity index is 392. The Balaban J connectivity index is 2.78. The van der Waals surface area contributed by atoms with Crippen molar-refractivity contribution in [1.29, 1.82) is 0 Å². The Kier molecular flexibility index (Phi) is 2.84. The molecular weight excluding hydrogens is 246 g/mol. The van der Waals surface area contributed by atoms with Crippen molar-refractivity contribution >= 4 is 11.9 Å². The lowest BCUT2D eigenvalue weighted by Gasteiger charge is -2.03. The first-order valence-electron chi connectivity index (χ1n) is 3.51. The van der Waals surface area contributed by atoms with Crippen molar-refractivity contribution in [2.24, 2.45) is 0 Å². The SMILES string of the molecule is O=C(Nc1nc(C(F)(F)F)co1)C(F)(F)F. The maximum absolute atomic E-state index is 11.9. The van der Waals surface area contributed by atoms with Crippen LogP contribution in [0.25, 0.3) is 0 Å². The van der Waals surface area contributed by atoms with E-state index in [1.807, 2.05) is 0 Å². The summed E-state index contributed by atoms with van der Waals surface area (Å²) in [5.74, 6) is -2.47. The third-order valence-electron chi connectivity index (χ3n) is 1.27. The number of amides is 1. The summed E-state index contributed by atoms with van der Waals surface area (Å²) in [6.07, 6.45) is -10.00. The van der Waals surface area contributed by atoms with Crippen LogP contribution in [0, 0.1) is 0 Å². The molecule has 0 unspecified atom stereocenters. The number of halogens is 6. The second-order valence-corrected chi connectivity index (χ2v) is 2.49. The molecule has 0 saturated heterocycles. The van der Waals surface area contributed by atoms with Crippen molar-refractivity contribution < 1.29 is 35.6 Å². The highest BCUT2D eigenvalue weighted by molar-refractivity contribution is 5.93. The van der Waals surface area contributed by atoms with Crippen molar-refractivity contribution in [3.8, 4) is 0 Å². The first kappa shape index (κ1) is 12.3. The average Bonchev–Trinajstić information content (AvgIpc) is 2.49. The predicted octanol–water partition coefficient (Wildman–Crippen LogP) is 2.19. The number of rotatable bonds is 1. The van der Waals surface area contributed by atoms with Crippen LogP contribution in [0.2, 0.25) is 0 Å². The van der Waals surface area contributed by atoms with E-state index in [-0.39, 0.29) is 6.26 Å². The summed E-state index contributed by atoms with van der Waals surface area (Å²) in [6.45, 7) is 0. The number of carbonyl (C=O) groups excluding carboxylic acids is 1. The minimum atomic E-state index is -5.23. The van der Waals surface area contributed by atoms with Crippen molar-refractivity contribution in [3.05, 3.63) is 12.0 Å². The van der Waals surface area contributed by atoms with Crippen molar-refractivity contribution in [1.82, 2.24) is 4.98 Å². The lowest BCUT2D eigenvalue weighted by atomic mass is 10.5. The van der Waals surface area contributed by atoms with Crippen LogP contribution in [-0.2, 0) is 11.0 Å². The van der Waals surface area contributed by atoms with Crippen LogP contribution in [0.3, 0.4) is 0 Å². The number of anilines is 1. The largest absolute Gasteiger partial charge is 0.471 e. The summed E-state index contributed by atoms with van der Waals surface area (Å²) >= 11 is 0. The molecule has 10 heteroatoms. The zero-order valence-electron chi connectivity index (χ0n) is 7.11. The van der Waals surface area contributed by atoms with E-state index in [0.717, 1.165) is 5.32 Å². The van der Waals surface area contributed by atoms with E-state index < -0.39 is 30.0 Å². The molecule has 0 saturated carbocycles. The van der Waals surface area contributed by atoms with Gasteiger partial charge in [0.15, 0.2) is 5.69 Å². The lowest BCUT2D eigenvalue weighted by Crippen LogP contribution is -2.30. The number of oxazole rings is 1. The number of nitrogens with one attached hydrogen (secondary N) is 1. The Morgan fingerprint density at radius 3 is 2.19 bits per heavy atom. The second kappa shape index (κ2) is 3.68. The smallest absolute Gasteiger partial charge is 0.431 e. The fourth-order valence-corrected chi connectivity index (χ4v) is 0.629. The highest BCUT2D eigenvalue weighted by Gasteiger charge is 2.40. The fraction of sp³-hybridized carbons (Fsp3) is 0.333. The van der Waals surface area contributed by atoms with Crippen LogP contribution in [0.4, 0.5) is 32.4 Å². The molecule has 0 atom stereocenters. The van der Waals surface area contributed by atoms with Crippen molar-refractivity contribution in [2.75, 3.05) is 5.32 Å². The molecule has 1 aromatic rings. The third kappa shape index (κ3) is 2.87. The van der Waals surface area contributed by atoms with Gasteiger partial charge in [0.1, 0.15) is 6.26 Å².